The zero-order chi connectivity index (χ0) is 15.9. The second-order valence-corrected chi connectivity index (χ2v) is 6.38. The molecule has 2 heterocycles. The number of rotatable bonds is 3. The fourth-order valence-electron chi connectivity index (χ4n) is 2.29. The predicted molar refractivity (Wildman–Crippen MR) is 84.3 cm³/mol. The molecular weight excluding hydrogens is 347 g/mol. The van der Waals surface area contributed by atoms with E-state index in [4.69, 9.17) is 27.9 Å². The van der Waals surface area contributed by atoms with Crippen molar-refractivity contribution < 1.29 is 19.1 Å². The maximum atomic E-state index is 12.5. The van der Waals surface area contributed by atoms with Crippen molar-refractivity contribution in [3.05, 3.63) is 49.6 Å². The molecule has 0 N–H and O–H groups in total. The standard InChI is InChI=1S/C15H10Cl2O4S/c1-20-15(19)9-6-7-5-8(11(16)12(17)14(7)21-9)13(18)10-3-2-4-22-10/h2-5,9H,6H2,1H3. The Labute approximate surface area is 140 Å². The third kappa shape index (κ3) is 2.49. The van der Waals surface area contributed by atoms with Gasteiger partial charge in [0.05, 0.1) is 17.0 Å². The fourth-order valence-corrected chi connectivity index (χ4v) is 3.47. The molecule has 2 aromatic rings. The van der Waals surface area contributed by atoms with Crippen LogP contribution in [0.3, 0.4) is 0 Å². The number of benzene rings is 1. The number of halogens is 2. The van der Waals surface area contributed by atoms with Crippen LogP contribution in [0.5, 0.6) is 5.75 Å². The minimum absolute atomic E-state index is 0.129. The minimum atomic E-state index is -0.763. The molecule has 3 rings (SSSR count). The maximum absolute atomic E-state index is 12.5. The van der Waals surface area contributed by atoms with Crippen LogP contribution in [0.4, 0.5) is 0 Å². The van der Waals surface area contributed by atoms with E-state index in [0.717, 1.165) is 0 Å². The first-order chi connectivity index (χ1) is 10.5. The Morgan fingerprint density at radius 3 is 2.77 bits per heavy atom. The Balaban J connectivity index is 2.02. The lowest BCUT2D eigenvalue weighted by molar-refractivity contribution is -0.147. The second kappa shape index (κ2) is 5.91. The van der Waals surface area contributed by atoms with Crippen molar-refractivity contribution in [1.82, 2.24) is 0 Å². The van der Waals surface area contributed by atoms with Crippen molar-refractivity contribution in [3.8, 4) is 5.75 Å². The van der Waals surface area contributed by atoms with Crippen LogP contribution < -0.4 is 4.74 Å². The van der Waals surface area contributed by atoms with Crippen LogP contribution in [-0.4, -0.2) is 25.0 Å². The van der Waals surface area contributed by atoms with Crippen LogP contribution in [0, 0.1) is 0 Å². The van der Waals surface area contributed by atoms with Crippen molar-refractivity contribution >= 4 is 46.3 Å². The third-order valence-electron chi connectivity index (χ3n) is 3.36. The molecule has 22 heavy (non-hydrogen) atoms. The Bertz CT molecular complexity index is 755. The summed E-state index contributed by atoms with van der Waals surface area (Å²) >= 11 is 13.7. The molecule has 1 aromatic heterocycles. The number of carbonyl (C=O) groups excluding carboxylic acids is 2. The molecule has 0 fully saturated rings. The molecule has 1 unspecified atom stereocenters. The summed E-state index contributed by atoms with van der Waals surface area (Å²) in [6.07, 6.45) is -0.468. The third-order valence-corrected chi connectivity index (χ3v) is 5.08. The summed E-state index contributed by atoms with van der Waals surface area (Å²) in [7, 11) is 1.29. The minimum Gasteiger partial charge on any atom is -0.476 e. The molecule has 4 nitrogen and oxygen atoms in total. The molecule has 1 aliphatic heterocycles. The molecule has 1 atom stereocenters. The molecule has 0 spiro atoms. The fraction of sp³-hybridized carbons (Fsp3) is 0.200. The summed E-state index contributed by atoms with van der Waals surface area (Å²) in [4.78, 5) is 24.7. The van der Waals surface area contributed by atoms with E-state index in [2.05, 4.69) is 4.74 Å². The van der Waals surface area contributed by atoms with Gasteiger partial charge >= 0.3 is 5.97 Å². The number of ether oxygens (including phenoxy) is 2. The van der Waals surface area contributed by atoms with Crippen molar-refractivity contribution in [2.75, 3.05) is 7.11 Å². The Morgan fingerprint density at radius 2 is 2.14 bits per heavy atom. The average Bonchev–Trinajstić information content (AvgIpc) is 3.18. The van der Waals surface area contributed by atoms with Gasteiger partial charge in [-0.3, -0.25) is 4.79 Å². The Hall–Kier alpha value is -1.56. The molecule has 7 heteroatoms. The quantitative estimate of drug-likeness (QED) is 0.620. The lowest BCUT2D eigenvalue weighted by atomic mass is 10.0. The van der Waals surface area contributed by atoms with Crippen LogP contribution in [0.25, 0.3) is 0 Å². The van der Waals surface area contributed by atoms with Gasteiger partial charge in [0.15, 0.2) is 6.10 Å². The lowest BCUT2D eigenvalue weighted by Gasteiger charge is -2.10. The van der Waals surface area contributed by atoms with Gasteiger partial charge in [0.25, 0.3) is 0 Å². The highest BCUT2D eigenvalue weighted by Crippen LogP contribution is 2.43. The van der Waals surface area contributed by atoms with Crippen LogP contribution >= 0.6 is 34.5 Å². The SMILES string of the molecule is COC(=O)C1Cc2cc(C(=O)c3cccs3)c(Cl)c(Cl)c2O1. The second-order valence-electron chi connectivity index (χ2n) is 4.68. The smallest absolute Gasteiger partial charge is 0.347 e. The van der Waals surface area contributed by atoms with E-state index < -0.39 is 12.1 Å². The number of hydrogen-bond donors (Lipinski definition) is 0. The van der Waals surface area contributed by atoms with Crippen LogP contribution in [0.1, 0.15) is 20.8 Å². The largest absolute Gasteiger partial charge is 0.476 e. The summed E-state index contributed by atoms with van der Waals surface area (Å²) in [6, 6.07) is 5.14. The van der Waals surface area contributed by atoms with Gasteiger partial charge in [-0.05, 0) is 17.5 Å². The first kappa shape index (κ1) is 15.3. The summed E-state index contributed by atoms with van der Waals surface area (Å²) in [5.74, 6) is -0.356. The van der Waals surface area contributed by atoms with Gasteiger partial charge in [0.2, 0.25) is 5.78 Å². The molecule has 0 saturated carbocycles. The topological polar surface area (TPSA) is 52.6 Å². The number of esters is 1. The van der Waals surface area contributed by atoms with Gasteiger partial charge in [0, 0.05) is 17.5 Å². The van der Waals surface area contributed by atoms with Gasteiger partial charge < -0.3 is 9.47 Å². The molecule has 114 valence electrons. The highest BCUT2D eigenvalue weighted by molar-refractivity contribution is 7.12. The molecule has 0 amide bonds. The van der Waals surface area contributed by atoms with E-state index in [1.54, 1.807) is 18.2 Å². The zero-order valence-corrected chi connectivity index (χ0v) is 13.7. The number of fused-ring (bicyclic) bond motifs is 1. The molecule has 0 aliphatic carbocycles. The normalized spacial score (nSPS) is 16.0. The molecule has 1 aliphatic rings. The van der Waals surface area contributed by atoms with Crippen LogP contribution in [-0.2, 0) is 16.0 Å². The number of methoxy groups -OCH3 is 1. The molecule has 0 radical (unpaired) electrons. The zero-order valence-electron chi connectivity index (χ0n) is 11.4. The molecule has 0 bridgehead atoms. The number of thiophene rings is 1. The van der Waals surface area contributed by atoms with E-state index in [1.165, 1.54) is 18.4 Å². The van der Waals surface area contributed by atoms with E-state index in [9.17, 15) is 9.59 Å². The highest BCUT2D eigenvalue weighted by atomic mass is 35.5. The van der Waals surface area contributed by atoms with Crippen LogP contribution in [0.15, 0.2) is 23.6 Å². The van der Waals surface area contributed by atoms with E-state index in [1.807, 2.05) is 5.38 Å². The van der Waals surface area contributed by atoms with Gasteiger partial charge in [-0.1, -0.05) is 29.3 Å². The first-order valence-electron chi connectivity index (χ1n) is 6.36. The highest BCUT2D eigenvalue weighted by Gasteiger charge is 2.34. The predicted octanol–water partition coefficient (Wildman–Crippen LogP) is 3.76. The first-order valence-corrected chi connectivity index (χ1v) is 8.00. The van der Waals surface area contributed by atoms with E-state index in [0.29, 0.717) is 28.2 Å². The maximum Gasteiger partial charge on any atom is 0.347 e. The summed E-state index contributed by atoms with van der Waals surface area (Å²) in [5.41, 5.74) is 0.978. The number of hydrogen-bond acceptors (Lipinski definition) is 5. The number of carbonyl (C=O) groups is 2. The van der Waals surface area contributed by atoms with Crippen molar-refractivity contribution in [3.63, 3.8) is 0 Å². The summed E-state index contributed by atoms with van der Waals surface area (Å²) < 4.78 is 10.2. The van der Waals surface area contributed by atoms with Gasteiger partial charge in [-0.2, -0.15) is 0 Å². The molecule has 1 aromatic carbocycles. The Morgan fingerprint density at radius 1 is 1.36 bits per heavy atom. The summed E-state index contributed by atoms with van der Waals surface area (Å²) in [5, 5.41) is 2.08. The Kier molecular flexibility index (Phi) is 4.12. The van der Waals surface area contributed by atoms with Gasteiger partial charge in [-0.25, -0.2) is 4.79 Å². The lowest BCUT2D eigenvalue weighted by Crippen LogP contribution is -2.26. The van der Waals surface area contributed by atoms with Gasteiger partial charge in [-0.15, -0.1) is 11.3 Å². The monoisotopic (exact) mass is 356 g/mol. The van der Waals surface area contributed by atoms with Crippen molar-refractivity contribution in [1.29, 1.82) is 0 Å². The summed E-state index contributed by atoms with van der Waals surface area (Å²) in [6.45, 7) is 0. The van der Waals surface area contributed by atoms with E-state index in [-0.39, 0.29) is 15.8 Å². The molecular formula is C15H10Cl2O4S. The average molecular weight is 357 g/mol. The number of ketones is 1. The van der Waals surface area contributed by atoms with Crippen molar-refractivity contribution in [2.45, 2.75) is 12.5 Å². The van der Waals surface area contributed by atoms with Crippen LogP contribution in [0.2, 0.25) is 10.0 Å². The van der Waals surface area contributed by atoms with Gasteiger partial charge in [0.1, 0.15) is 10.8 Å². The molecule has 0 saturated heterocycles. The van der Waals surface area contributed by atoms with Crippen molar-refractivity contribution in [2.24, 2.45) is 0 Å². The van der Waals surface area contributed by atoms with E-state index >= 15 is 0 Å².